The smallest absolute Gasteiger partial charge is 0.138 e. The highest BCUT2D eigenvalue weighted by molar-refractivity contribution is 7.00. The summed E-state index contributed by atoms with van der Waals surface area (Å²) in [5, 5.41) is 8.92. The second-order valence-corrected chi connectivity index (χ2v) is 16.3. The number of anilines is 3. The molecule has 0 fully saturated rings. The minimum atomic E-state index is -2.13. The van der Waals surface area contributed by atoms with Crippen LogP contribution in [0, 0.1) is 0 Å². The van der Waals surface area contributed by atoms with Crippen molar-refractivity contribution in [3.8, 4) is 16.9 Å². The molecule has 8 rings (SSSR count). The molecule has 5 aromatic carbocycles. The number of hydrogen-bond donors (Lipinski definition) is 0. The Bertz CT molecular complexity index is 2170. The zero-order chi connectivity index (χ0) is 29.8. The molecule has 3 heterocycles. The fraction of sp³-hybridized carbons (Fsp3) is 0.0789. The van der Waals surface area contributed by atoms with Crippen molar-refractivity contribution in [2.45, 2.75) is 13.1 Å². The van der Waals surface area contributed by atoms with Crippen LogP contribution < -0.4 is 20.5 Å². The summed E-state index contributed by atoms with van der Waals surface area (Å²) >= 11 is 0. The van der Waals surface area contributed by atoms with Gasteiger partial charge >= 0.3 is 0 Å². The van der Waals surface area contributed by atoms with Gasteiger partial charge in [-0.1, -0.05) is 108 Å². The van der Waals surface area contributed by atoms with E-state index < -0.39 is 8.07 Å². The molecule has 0 aliphatic carbocycles. The lowest BCUT2D eigenvalue weighted by Gasteiger charge is -2.26. The minimum absolute atomic E-state index is 0.921. The van der Waals surface area contributed by atoms with Crippen molar-refractivity contribution in [2.75, 3.05) is 17.2 Å². The summed E-state index contributed by atoms with van der Waals surface area (Å²) in [5.74, 6) is 0.921. The molecule has 0 unspecified atom stereocenters. The highest BCUT2D eigenvalue weighted by Crippen LogP contribution is 2.40. The van der Waals surface area contributed by atoms with Crippen molar-refractivity contribution in [1.29, 1.82) is 0 Å². The molecule has 44 heavy (non-hydrogen) atoms. The van der Waals surface area contributed by atoms with Crippen molar-refractivity contribution < 1.29 is 4.94 Å². The summed E-state index contributed by atoms with van der Waals surface area (Å²) < 4.78 is 2.33. The summed E-state index contributed by atoms with van der Waals surface area (Å²) in [6, 6.07) is 47.6. The van der Waals surface area contributed by atoms with Gasteiger partial charge in [0, 0.05) is 24.0 Å². The first kappa shape index (κ1) is 26.5. The Morgan fingerprint density at radius 1 is 0.591 bits per heavy atom. The summed E-state index contributed by atoms with van der Waals surface area (Å²) in [7, 11) is -0.185. The number of hydrogen-bond acceptors (Lipinski definition) is 4. The molecule has 0 atom stereocenters. The summed E-state index contributed by atoms with van der Waals surface area (Å²) in [6.45, 7) is 4.86. The fourth-order valence-electron chi connectivity index (χ4n) is 6.44. The van der Waals surface area contributed by atoms with Crippen LogP contribution in [0.5, 0.6) is 0 Å². The SMILES string of the molecule is CN1ON(c2cccc([Si](C)(C)c3ccc4c5ccccc5n(-c5cc(-c6ccccc6)ccn5)c4c3)c2)c2ccccc21. The van der Waals surface area contributed by atoms with E-state index in [2.05, 4.69) is 145 Å². The first-order chi connectivity index (χ1) is 21.5. The Kier molecular flexibility index (Phi) is 6.15. The Hall–Kier alpha value is -5.17. The van der Waals surface area contributed by atoms with Crippen molar-refractivity contribution >= 4 is 57.3 Å². The maximum Gasteiger partial charge on any atom is 0.138 e. The van der Waals surface area contributed by atoms with Crippen LogP contribution in [0.2, 0.25) is 13.1 Å². The summed E-state index contributed by atoms with van der Waals surface area (Å²) in [6.07, 6.45) is 1.92. The lowest BCUT2D eigenvalue weighted by Crippen LogP contribution is -2.52. The topological polar surface area (TPSA) is 33.5 Å². The van der Waals surface area contributed by atoms with Gasteiger partial charge in [-0.15, -0.1) is 4.94 Å². The molecule has 6 heteroatoms. The highest BCUT2D eigenvalue weighted by atomic mass is 28.3. The number of para-hydroxylation sites is 3. The van der Waals surface area contributed by atoms with Crippen molar-refractivity contribution in [2.24, 2.45) is 0 Å². The van der Waals surface area contributed by atoms with Crippen LogP contribution in [0.15, 0.2) is 140 Å². The van der Waals surface area contributed by atoms with E-state index in [1.807, 2.05) is 29.4 Å². The Morgan fingerprint density at radius 2 is 1.32 bits per heavy atom. The summed E-state index contributed by atoms with van der Waals surface area (Å²) in [5.41, 5.74) is 7.80. The number of aromatic nitrogens is 2. The maximum atomic E-state index is 6.16. The van der Waals surface area contributed by atoms with Gasteiger partial charge in [-0.3, -0.25) is 4.57 Å². The van der Waals surface area contributed by atoms with Crippen molar-refractivity contribution in [3.05, 3.63) is 140 Å². The zero-order valence-electron chi connectivity index (χ0n) is 25.0. The first-order valence-electron chi connectivity index (χ1n) is 15.0. The Balaban J connectivity index is 1.25. The molecule has 0 amide bonds. The van der Waals surface area contributed by atoms with Crippen LogP contribution in [0.25, 0.3) is 38.8 Å². The molecule has 0 bridgehead atoms. The number of nitrogens with zero attached hydrogens (tertiary/aromatic N) is 4. The molecule has 214 valence electrons. The zero-order valence-corrected chi connectivity index (χ0v) is 26.0. The van der Waals surface area contributed by atoms with Crippen LogP contribution in [-0.2, 0) is 4.94 Å². The lowest BCUT2D eigenvalue weighted by atomic mass is 10.1. The molecule has 1 aliphatic rings. The van der Waals surface area contributed by atoms with Gasteiger partial charge in [-0.05, 0) is 59.7 Å². The van der Waals surface area contributed by atoms with E-state index in [0.717, 1.165) is 34.0 Å². The second kappa shape index (κ2) is 10.2. The average Bonchev–Trinajstić information content (AvgIpc) is 3.59. The van der Waals surface area contributed by atoms with E-state index in [0.29, 0.717) is 0 Å². The number of rotatable bonds is 5. The number of pyridine rings is 1. The Labute approximate surface area is 258 Å². The lowest BCUT2D eigenvalue weighted by molar-refractivity contribution is 0.142. The normalized spacial score (nSPS) is 13.2. The van der Waals surface area contributed by atoms with Crippen molar-refractivity contribution in [1.82, 2.24) is 9.55 Å². The molecule has 2 aromatic heterocycles. The predicted molar refractivity (Wildman–Crippen MR) is 185 cm³/mol. The van der Waals surface area contributed by atoms with Crippen LogP contribution in [0.3, 0.4) is 0 Å². The maximum absolute atomic E-state index is 6.16. The standard InChI is InChI=1S/C38H32N4OSi/c1-40-35-18-9-10-19-36(35)42(43-40)29-14-11-15-30(25-29)44(2,3)31-20-21-33-32-16-7-8-17-34(32)41(37(33)26-31)38-24-28(22-23-39-38)27-12-5-4-6-13-27/h4-26H,1-3H3. The third-order valence-electron chi connectivity index (χ3n) is 8.92. The van der Waals surface area contributed by atoms with Gasteiger partial charge in [0.05, 0.1) is 28.1 Å². The van der Waals surface area contributed by atoms with Gasteiger partial charge in [-0.2, -0.15) is 5.06 Å². The van der Waals surface area contributed by atoms with Crippen LogP contribution in [-0.4, -0.2) is 24.7 Å². The van der Waals surface area contributed by atoms with Crippen LogP contribution >= 0.6 is 0 Å². The molecule has 0 saturated heterocycles. The van der Waals surface area contributed by atoms with Gasteiger partial charge in [0.2, 0.25) is 0 Å². The predicted octanol–water partition coefficient (Wildman–Crippen LogP) is 8.10. The van der Waals surface area contributed by atoms with Gasteiger partial charge in [0.1, 0.15) is 13.9 Å². The van der Waals surface area contributed by atoms with E-state index in [4.69, 9.17) is 9.92 Å². The van der Waals surface area contributed by atoms with E-state index in [-0.39, 0.29) is 0 Å². The third kappa shape index (κ3) is 4.22. The van der Waals surface area contributed by atoms with E-state index in [1.54, 1.807) is 0 Å². The fourth-order valence-corrected chi connectivity index (χ4v) is 8.80. The monoisotopic (exact) mass is 588 g/mol. The largest absolute Gasteiger partial charge is 0.294 e. The quantitative estimate of drug-likeness (QED) is 0.190. The average molecular weight is 589 g/mol. The number of hydroxylamine groups is 1. The molecule has 0 spiro atoms. The molecule has 7 aromatic rings. The first-order valence-corrected chi connectivity index (χ1v) is 18.0. The van der Waals surface area contributed by atoms with E-state index in [1.165, 1.54) is 32.2 Å². The van der Waals surface area contributed by atoms with Crippen LogP contribution in [0.4, 0.5) is 17.1 Å². The van der Waals surface area contributed by atoms with Gasteiger partial charge in [0.25, 0.3) is 0 Å². The molecule has 0 saturated carbocycles. The molecule has 5 nitrogen and oxygen atoms in total. The Morgan fingerprint density at radius 3 is 2.18 bits per heavy atom. The van der Waals surface area contributed by atoms with E-state index in [9.17, 15) is 0 Å². The van der Waals surface area contributed by atoms with Gasteiger partial charge in [-0.25, -0.2) is 10.0 Å². The molecule has 1 aliphatic heterocycles. The number of fused-ring (bicyclic) bond motifs is 4. The van der Waals surface area contributed by atoms with Gasteiger partial charge in [0.15, 0.2) is 0 Å². The molecular formula is C38H32N4OSi. The molecular weight excluding hydrogens is 557 g/mol. The molecule has 0 radical (unpaired) electrons. The molecule has 0 N–H and O–H groups in total. The summed E-state index contributed by atoms with van der Waals surface area (Å²) in [4.78, 5) is 11.0. The third-order valence-corrected chi connectivity index (χ3v) is 12.4. The number of benzene rings is 5. The van der Waals surface area contributed by atoms with Gasteiger partial charge < -0.3 is 0 Å². The second-order valence-electron chi connectivity index (χ2n) is 11.9. The minimum Gasteiger partial charge on any atom is -0.294 e. The van der Waals surface area contributed by atoms with Crippen molar-refractivity contribution in [3.63, 3.8) is 0 Å². The van der Waals surface area contributed by atoms with Crippen LogP contribution in [0.1, 0.15) is 0 Å². The van der Waals surface area contributed by atoms with E-state index >= 15 is 0 Å². The highest BCUT2D eigenvalue weighted by Gasteiger charge is 2.30.